The van der Waals surface area contributed by atoms with Crippen LogP contribution in [0.25, 0.3) is 0 Å². The molecule has 0 aromatic heterocycles. The minimum absolute atomic E-state index is 0.257. The van der Waals surface area contributed by atoms with Crippen molar-refractivity contribution in [1.82, 2.24) is 0 Å². The smallest absolute Gasteiger partial charge is 0.258 e. The second-order valence-electron chi connectivity index (χ2n) is 11.3. The molecule has 0 fully saturated rings. The highest BCUT2D eigenvalue weighted by Crippen LogP contribution is 2.43. The Morgan fingerprint density at radius 2 is 0.793 bits per heavy atom. The molecule has 2 aromatic rings. The predicted molar refractivity (Wildman–Crippen MR) is 280 cm³/mol. The second-order valence-corrected chi connectivity index (χ2v) is 26.4. The van der Waals surface area contributed by atoms with Crippen LogP contribution in [-0.4, -0.2) is 78.9 Å². The van der Waals surface area contributed by atoms with E-state index in [9.17, 15) is 20.2 Å². The summed E-state index contributed by atoms with van der Waals surface area (Å²) in [5, 5.41) is 23.3. The van der Waals surface area contributed by atoms with E-state index < -0.39 is 9.85 Å². The maximum Gasteiger partial charge on any atom is 0.310 e. The summed E-state index contributed by atoms with van der Waals surface area (Å²) in [6.07, 6.45) is 2.24. The molecule has 0 N–H and O–H groups in total. The minimum atomic E-state index is -0.523. The van der Waals surface area contributed by atoms with Gasteiger partial charge in [0.15, 0.2) is 10.1 Å². The van der Waals surface area contributed by atoms with Crippen LogP contribution in [-0.2, 0) is 0 Å². The zero-order valence-electron chi connectivity index (χ0n) is 31.4. The molecule has 22 heteroatoms. The summed E-state index contributed by atoms with van der Waals surface area (Å²) in [6.45, 7) is 3.98. The van der Waals surface area contributed by atoms with E-state index in [4.69, 9.17) is 69.6 Å². The number of halogens is 6. The van der Waals surface area contributed by atoms with Crippen LogP contribution in [0.3, 0.4) is 0 Å². The minimum Gasteiger partial charge on any atom is -0.258 e. The highest BCUT2D eigenvalue weighted by molar-refractivity contribution is 8.76. The number of nitrogens with zero attached hydrogens (tertiary/aromatic N) is 2. The van der Waals surface area contributed by atoms with Crippen molar-refractivity contribution in [2.24, 2.45) is 0 Å². The van der Waals surface area contributed by atoms with Gasteiger partial charge in [-0.05, 0) is 74.0 Å². The van der Waals surface area contributed by atoms with Crippen LogP contribution < -0.4 is 0 Å². The van der Waals surface area contributed by atoms with Gasteiger partial charge in [-0.25, -0.2) is 0 Å². The van der Waals surface area contributed by atoms with Gasteiger partial charge in [0.2, 0.25) is 0 Å². The summed E-state index contributed by atoms with van der Waals surface area (Å²) in [5.74, 6) is 11.9. The maximum atomic E-state index is 11.9. The van der Waals surface area contributed by atoms with Gasteiger partial charge in [0.1, 0.15) is 17.5 Å². The molecule has 2 aromatic carbocycles. The topological polar surface area (TPSA) is 86.3 Å². The molecule has 0 heterocycles. The molecule has 0 aliphatic heterocycles. The molecule has 322 valence electrons. The van der Waals surface area contributed by atoms with E-state index in [-0.39, 0.29) is 30.4 Å². The van der Waals surface area contributed by atoms with E-state index in [1.54, 1.807) is 0 Å². The van der Waals surface area contributed by atoms with E-state index in [0.29, 0.717) is 20.0 Å². The van der Waals surface area contributed by atoms with Gasteiger partial charge in [0.05, 0.1) is 9.85 Å². The first kappa shape index (κ1) is 55.6. The van der Waals surface area contributed by atoms with E-state index in [1.807, 2.05) is 131 Å². The van der Waals surface area contributed by atoms with Crippen molar-refractivity contribution in [3.63, 3.8) is 0 Å². The van der Waals surface area contributed by atoms with E-state index in [1.165, 1.54) is 47.0 Å². The van der Waals surface area contributed by atoms with Crippen molar-refractivity contribution >= 4 is 185 Å². The summed E-state index contributed by atoms with van der Waals surface area (Å²) < 4.78 is 0.275. The van der Waals surface area contributed by atoms with Crippen LogP contribution in [0, 0.1) is 34.1 Å². The van der Waals surface area contributed by atoms with Crippen molar-refractivity contribution in [1.29, 1.82) is 0 Å². The number of hydrogen-bond acceptors (Lipinski definition) is 14. The summed E-state index contributed by atoms with van der Waals surface area (Å²) in [6, 6.07) is 15.6. The Kier molecular flexibility index (Phi) is 32.5. The molecule has 0 spiro atoms. The molecule has 0 saturated carbocycles. The van der Waals surface area contributed by atoms with Crippen molar-refractivity contribution in [3.8, 4) is 0 Å². The third-order valence-electron chi connectivity index (χ3n) is 6.74. The Hall–Kier alpha value is 1.44. The zero-order valence-corrected chi connectivity index (χ0v) is 44.1. The summed E-state index contributed by atoms with van der Waals surface area (Å²) in [5.41, 5.74) is 1.67. The van der Waals surface area contributed by atoms with E-state index >= 15 is 0 Å². The fourth-order valence-corrected chi connectivity index (χ4v) is 16.8. The van der Waals surface area contributed by atoms with E-state index in [2.05, 4.69) is 0 Å². The van der Waals surface area contributed by atoms with Crippen molar-refractivity contribution in [2.75, 3.05) is 69.0 Å². The molecule has 0 aliphatic carbocycles. The van der Waals surface area contributed by atoms with Crippen LogP contribution in [0.1, 0.15) is 24.0 Å². The highest BCUT2D eigenvalue weighted by Gasteiger charge is 2.28. The lowest BCUT2D eigenvalue weighted by atomic mass is 10.2. The third-order valence-corrected chi connectivity index (χ3v) is 21.1. The Morgan fingerprint density at radius 3 is 1.09 bits per heavy atom. The molecule has 0 atom stereocenters. The molecular formula is C36H42Cl6N2O4S10. The maximum absolute atomic E-state index is 11.9. The standard InChI is InChI=1S/C36H42Cl6N2O4S10/c1-25-5-9-27(10-6-25)57-35(31(43(45)46)29(37)33(39)40)53-21-17-49-13-3-15-51-19-23-55-56-24-20-52-16-4-14-50-18-22-54-36(32(44(47)48)30(38)34(41)42)58-28-11-7-26(2)8-12-28/h5-12H,3-4,13-24H2,1-2H3/b35-31+,36-32+. The Morgan fingerprint density at radius 1 is 0.483 bits per heavy atom. The molecule has 58 heavy (non-hydrogen) atoms. The molecule has 0 saturated heterocycles. The van der Waals surface area contributed by atoms with Gasteiger partial charge >= 0.3 is 11.4 Å². The van der Waals surface area contributed by atoms with Gasteiger partial charge in [0, 0.05) is 55.8 Å². The Bertz CT molecular complexity index is 1570. The van der Waals surface area contributed by atoms with Gasteiger partial charge in [-0.2, -0.15) is 47.0 Å². The molecule has 0 aliphatic rings. The lowest BCUT2D eigenvalue weighted by Crippen LogP contribution is -2.03. The van der Waals surface area contributed by atoms with Crippen LogP contribution in [0.2, 0.25) is 0 Å². The first-order valence-corrected chi connectivity index (χ1v) is 30.3. The molecule has 0 radical (unpaired) electrons. The lowest BCUT2D eigenvalue weighted by Gasteiger charge is -2.09. The third kappa shape index (κ3) is 24.5. The van der Waals surface area contributed by atoms with Crippen LogP contribution >= 0.6 is 185 Å². The SMILES string of the molecule is Cc1ccc(S/C(SCCSCCCSCCSSCCSCCCSCCS/C(Sc2ccc(C)cc2)=C(/C(Cl)=C(Cl)Cl)[N+](=O)[O-])=C(\C(Cl)=C(Cl)Cl)[N+](=O)[O-])cc1. The normalized spacial score (nSPS) is 12.2. The average molecular weight is 1100 g/mol. The lowest BCUT2D eigenvalue weighted by molar-refractivity contribution is -0.419. The highest BCUT2D eigenvalue weighted by atomic mass is 35.5. The fraction of sp³-hybridized carbons (Fsp3) is 0.444. The van der Waals surface area contributed by atoms with E-state index in [0.717, 1.165) is 91.3 Å². The molecule has 0 unspecified atom stereocenters. The molecule has 0 amide bonds. The van der Waals surface area contributed by atoms with Crippen molar-refractivity contribution in [3.05, 3.63) is 119 Å². The average Bonchev–Trinajstić information content (AvgIpc) is 3.17. The summed E-state index contributed by atoms with van der Waals surface area (Å²) in [7, 11) is 3.88. The van der Waals surface area contributed by atoms with Crippen molar-refractivity contribution in [2.45, 2.75) is 36.5 Å². The monoisotopic (exact) mass is 1100 g/mol. The number of thioether (sulfide) groups is 8. The summed E-state index contributed by atoms with van der Waals surface area (Å²) >= 11 is 48.7. The Labute approximate surface area is 414 Å². The Balaban J connectivity index is 1.52. The number of nitro groups is 2. The fourth-order valence-electron chi connectivity index (χ4n) is 4.01. The molecule has 0 bridgehead atoms. The first-order chi connectivity index (χ1) is 27.8. The van der Waals surface area contributed by atoms with Crippen LogP contribution in [0.4, 0.5) is 0 Å². The molecule has 2 rings (SSSR count). The van der Waals surface area contributed by atoms with Gasteiger partial charge in [-0.3, -0.25) is 20.2 Å². The molecule has 6 nitrogen and oxygen atoms in total. The predicted octanol–water partition coefficient (Wildman–Crippen LogP) is 16.4. The number of hydrogen-bond donors (Lipinski definition) is 0. The van der Waals surface area contributed by atoms with Gasteiger partial charge in [-0.15, -0.1) is 23.5 Å². The zero-order chi connectivity index (χ0) is 42.7. The first-order valence-electron chi connectivity index (χ1n) is 17.3. The second kappa shape index (κ2) is 33.9. The van der Waals surface area contributed by atoms with Crippen LogP contribution in [0.5, 0.6) is 0 Å². The number of benzene rings is 2. The van der Waals surface area contributed by atoms with Crippen molar-refractivity contribution < 1.29 is 9.85 Å². The number of aryl methyl sites for hydroxylation is 2. The quantitative estimate of drug-likeness (QED) is 0.0179. The number of allylic oxidation sites excluding steroid dienone is 2. The largest absolute Gasteiger partial charge is 0.310 e. The van der Waals surface area contributed by atoms with Gasteiger partial charge in [-0.1, -0.05) is 150 Å². The van der Waals surface area contributed by atoms with Gasteiger partial charge < -0.3 is 0 Å². The summed E-state index contributed by atoms with van der Waals surface area (Å²) in [4.78, 5) is 24.5. The molecular weight excluding hydrogens is 1060 g/mol. The number of rotatable bonds is 31. The van der Waals surface area contributed by atoms with Gasteiger partial charge in [0.25, 0.3) is 0 Å². The van der Waals surface area contributed by atoms with Crippen LogP contribution in [0.15, 0.2) is 97.2 Å².